The molecule has 0 bridgehead atoms. The zero-order chi connectivity index (χ0) is 16.5. The fraction of sp³-hybridized carbons (Fsp3) is 0. The highest BCUT2D eigenvalue weighted by atomic mass is 16.3. The fourth-order valence-electron chi connectivity index (χ4n) is 2.18. The molecule has 0 radical (unpaired) electrons. The van der Waals surface area contributed by atoms with Crippen LogP contribution < -0.4 is 10.9 Å². The first kappa shape index (κ1) is 13.9. The van der Waals surface area contributed by atoms with Crippen molar-refractivity contribution >= 4 is 17.5 Å². The first-order valence-corrected chi connectivity index (χ1v) is 6.96. The molecule has 4 aromatic rings. The van der Waals surface area contributed by atoms with E-state index in [0.717, 1.165) is 0 Å². The number of carbonyl (C=O) groups is 1. The number of pyridine rings is 1. The summed E-state index contributed by atoms with van der Waals surface area (Å²) >= 11 is 0. The standard InChI is InChI=1S/C15H10N6O3/c22-12-7-11(17-14(23)10-4-2-6-24-10)21-15(18-12)19-13(20-21)9-3-1-5-16-8-9/h1-8H,(H,17,23)(H,18,19,20,22). The van der Waals surface area contributed by atoms with E-state index in [2.05, 4.69) is 25.4 Å². The molecule has 4 heterocycles. The van der Waals surface area contributed by atoms with Crippen LogP contribution in [-0.2, 0) is 0 Å². The lowest BCUT2D eigenvalue weighted by atomic mass is 10.3. The summed E-state index contributed by atoms with van der Waals surface area (Å²) in [5.41, 5.74) is 0.271. The second kappa shape index (κ2) is 5.47. The quantitative estimate of drug-likeness (QED) is 0.587. The van der Waals surface area contributed by atoms with Crippen molar-refractivity contribution < 1.29 is 9.21 Å². The summed E-state index contributed by atoms with van der Waals surface area (Å²) in [6.07, 6.45) is 4.63. The van der Waals surface area contributed by atoms with E-state index >= 15 is 0 Å². The molecule has 0 aromatic carbocycles. The molecule has 1 amide bonds. The number of carbonyl (C=O) groups excluding carboxylic acids is 1. The molecule has 2 N–H and O–H groups in total. The maximum absolute atomic E-state index is 12.1. The molecule has 0 aliphatic rings. The molecular formula is C15H10N6O3. The lowest BCUT2D eigenvalue weighted by Gasteiger charge is -2.04. The van der Waals surface area contributed by atoms with Gasteiger partial charge in [0.15, 0.2) is 11.6 Å². The third-order valence-corrected chi connectivity index (χ3v) is 3.24. The van der Waals surface area contributed by atoms with E-state index < -0.39 is 11.5 Å². The lowest BCUT2D eigenvalue weighted by molar-refractivity contribution is 0.0996. The molecule has 9 heteroatoms. The van der Waals surface area contributed by atoms with Gasteiger partial charge in [-0.2, -0.15) is 9.50 Å². The highest BCUT2D eigenvalue weighted by Gasteiger charge is 2.15. The topological polar surface area (TPSA) is 118 Å². The molecule has 0 aliphatic carbocycles. The van der Waals surface area contributed by atoms with Crippen LogP contribution in [-0.4, -0.2) is 30.5 Å². The van der Waals surface area contributed by atoms with E-state index in [0.29, 0.717) is 11.4 Å². The van der Waals surface area contributed by atoms with Gasteiger partial charge < -0.3 is 9.73 Å². The summed E-state index contributed by atoms with van der Waals surface area (Å²) in [6, 6.07) is 7.88. The van der Waals surface area contributed by atoms with Crippen LogP contribution in [0.4, 0.5) is 5.82 Å². The van der Waals surface area contributed by atoms with Crippen LogP contribution in [0, 0.1) is 0 Å². The Balaban J connectivity index is 1.79. The minimum absolute atomic E-state index is 0.121. The van der Waals surface area contributed by atoms with Crippen LogP contribution >= 0.6 is 0 Å². The molecule has 118 valence electrons. The van der Waals surface area contributed by atoms with Gasteiger partial charge in [-0.25, -0.2) is 0 Å². The highest BCUT2D eigenvalue weighted by molar-refractivity contribution is 6.01. The van der Waals surface area contributed by atoms with Crippen LogP contribution in [0.5, 0.6) is 0 Å². The third-order valence-electron chi connectivity index (χ3n) is 3.24. The van der Waals surface area contributed by atoms with Crippen LogP contribution in [0.3, 0.4) is 0 Å². The van der Waals surface area contributed by atoms with E-state index in [1.807, 2.05) is 0 Å². The maximum atomic E-state index is 12.1. The van der Waals surface area contributed by atoms with Crippen molar-refractivity contribution in [2.75, 3.05) is 5.32 Å². The SMILES string of the molecule is O=C(Nc1cc(=O)[nH]c2nc(-c3cccnc3)nn12)c1ccco1. The molecule has 24 heavy (non-hydrogen) atoms. The van der Waals surface area contributed by atoms with Crippen LogP contribution in [0.1, 0.15) is 10.6 Å². The Labute approximate surface area is 134 Å². The predicted octanol–water partition coefficient (Wildman–Crippen LogP) is 1.32. The Morgan fingerprint density at radius 3 is 2.96 bits per heavy atom. The summed E-state index contributed by atoms with van der Waals surface area (Å²) < 4.78 is 6.37. The van der Waals surface area contributed by atoms with Gasteiger partial charge in [0.1, 0.15) is 5.82 Å². The van der Waals surface area contributed by atoms with E-state index in [-0.39, 0.29) is 17.4 Å². The smallest absolute Gasteiger partial charge is 0.292 e. The lowest BCUT2D eigenvalue weighted by Crippen LogP contribution is -2.18. The molecule has 9 nitrogen and oxygen atoms in total. The summed E-state index contributed by atoms with van der Waals surface area (Å²) in [6.45, 7) is 0. The van der Waals surface area contributed by atoms with Gasteiger partial charge in [-0.15, -0.1) is 5.10 Å². The van der Waals surface area contributed by atoms with E-state index in [9.17, 15) is 9.59 Å². The first-order chi connectivity index (χ1) is 11.7. The Kier molecular flexibility index (Phi) is 3.16. The molecule has 0 saturated carbocycles. The molecular weight excluding hydrogens is 312 g/mol. The number of H-pyrrole nitrogens is 1. The number of aromatic amines is 1. The Bertz CT molecular complexity index is 1070. The largest absolute Gasteiger partial charge is 0.459 e. The van der Waals surface area contributed by atoms with Gasteiger partial charge in [-0.3, -0.25) is 19.6 Å². The minimum Gasteiger partial charge on any atom is -0.459 e. The van der Waals surface area contributed by atoms with Gasteiger partial charge >= 0.3 is 0 Å². The summed E-state index contributed by atoms with van der Waals surface area (Å²) in [7, 11) is 0. The van der Waals surface area contributed by atoms with Crippen molar-refractivity contribution in [1.82, 2.24) is 24.6 Å². The van der Waals surface area contributed by atoms with Gasteiger partial charge in [0.25, 0.3) is 11.5 Å². The van der Waals surface area contributed by atoms with Gasteiger partial charge in [0.2, 0.25) is 5.78 Å². The highest BCUT2D eigenvalue weighted by Crippen LogP contribution is 2.16. The average Bonchev–Trinajstić information content (AvgIpc) is 3.25. The number of hydrogen-bond acceptors (Lipinski definition) is 6. The predicted molar refractivity (Wildman–Crippen MR) is 83.5 cm³/mol. The van der Waals surface area contributed by atoms with Gasteiger partial charge in [0, 0.05) is 24.0 Å². The number of amides is 1. The van der Waals surface area contributed by atoms with Crippen molar-refractivity contribution in [3.05, 3.63) is 65.1 Å². The van der Waals surface area contributed by atoms with Gasteiger partial charge in [0.05, 0.1) is 6.26 Å². The zero-order valence-corrected chi connectivity index (χ0v) is 12.1. The van der Waals surface area contributed by atoms with E-state index in [1.54, 1.807) is 30.6 Å². The van der Waals surface area contributed by atoms with E-state index in [4.69, 9.17) is 4.42 Å². The second-order valence-corrected chi connectivity index (χ2v) is 4.86. The number of hydrogen-bond donors (Lipinski definition) is 2. The zero-order valence-electron chi connectivity index (χ0n) is 12.1. The van der Waals surface area contributed by atoms with Crippen LogP contribution in [0.25, 0.3) is 17.2 Å². The molecule has 4 rings (SSSR count). The number of nitrogens with zero attached hydrogens (tertiary/aromatic N) is 4. The Morgan fingerprint density at radius 1 is 1.29 bits per heavy atom. The molecule has 0 fully saturated rings. The van der Waals surface area contributed by atoms with Gasteiger partial charge in [-0.1, -0.05) is 0 Å². The normalized spacial score (nSPS) is 10.8. The van der Waals surface area contributed by atoms with Crippen molar-refractivity contribution in [3.63, 3.8) is 0 Å². The number of aromatic nitrogens is 5. The monoisotopic (exact) mass is 322 g/mol. The minimum atomic E-state index is -0.495. The van der Waals surface area contributed by atoms with E-state index in [1.165, 1.54) is 22.9 Å². The average molecular weight is 322 g/mol. The van der Waals surface area contributed by atoms with Crippen molar-refractivity contribution in [2.45, 2.75) is 0 Å². The van der Waals surface area contributed by atoms with Crippen molar-refractivity contribution in [2.24, 2.45) is 0 Å². The number of furan rings is 1. The molecule has 0 atom stereocenters. The number of fused-ring (bicyclic) bond motifs is 1. The maximum Gasteiger partial charge on any atom is 0.292 e. The first-order valence-electron chi connectivity index (χ1n) is 6.96. The summed E-state index contributed by atoms with van der Waals surface area (Å²) in [5.74, 6) is 0.383. The number of nitrogens with one attached hydrogen (secondary N) is 2. The van der Waals surface area contributed by atoms with Crippen LogP contribution in [0.2, 0.25) is 0 Å². The Morgan fingerprint density at radius 2 is 2.21 bits per heavy atom. The molecule has 0 saturated heterocycles. The summed E-state index contributed by atoms with van der Waals surface area (Å²) in [5, 5.41) is 6.89. The number of anilines is 1. The second-order valence-electron chi connectivity index (χ2n) is 4.86. The molecule has 0 spiro atoms. The molecule has 4 aromatic heterocycles. The number of rotatable bonds is 3. The van der Waals surface area contributed by atoms with Gasteiger partial charge in [-0.05, 0) is 24.3 Å². The van der Waals surface area contributed by atoms with Crippen LogP contribution in [0.15, 0.2) is 58.2 Å². The third kappa shape index (κ3) is 2.43. The molecule has 0 aliphatic heterocycles. The molecule has 0 unspecified atom stereocenters. The fourth-order valence-corrected chi connectivity index (χ4v) is 2.18. The Hall–Kier alpha value is -3.75. The van der Waals surface area contributed by atoms with Crippen molar-refractivity contribution in [1.29, 1.82) is 0 Å². The van der Waals surface area contributed by atoms with Crippen molar-refractivity contribution in [3.8, 4) is 11.4 Å². The summed E-state index contributed by atoms with van der Waals surface area (Å²) in [4.78, 5) is 34.7.